The summed E-state index contributed by atoms with van der Waals surface area (Å²) in [4.78, 5) is 14.4. The molecular formula is C18H23N3O3. The minimum Gasteiger partial charge on any atom is -0.493 e. The first kappa shape index (κ1) is 16.4. The fourth-order valence-electron chi connectivity index (χ4n) is 3.11. The summed E-state index contributed by atoms with van der Waals surface area (Å²) in [6.07, 6.45) is 5.84. The highest BCUT2D eigenvalue weighted by Crippen LogP contribution is 2.33. The van der Waals surface area contributed by atoms with Gasteiger partial charge in [-0.1, -0.05) is 0 Å². The number of aryl methyl sites for hydroxylation is 2. The van der Waals surface area contributed by atoms with Gasteiger partial charge in [-0.15, -0.1) is 0 Å². The van der Waals surface area contributed by atoms with Crippen molar-refractivity contribution in [2.75, 3.05) is 20.8 Å². The average Bonchev–Trinajstić information content (AvgIpc) is 3.03. The number of fused-ring (bicyclic) bond motifs is 1. The molecule has 2 heterocycles. The molecular weight excluding hydrogens is 306 g/mol. The Labute approximate surface area is 142 Å². The second-order valence-corrected chi connectivity index (χ2v) is 6.06. The van der Waals surface area contributed by atoms with E-state index in [-0.39, 0.29) is 5.91 Å². The fourth-order valence-corrected chi connectivity index (χ4v) is 3.11. The van der Waals surface area contributed by atoms with Crippen molar-refractivity contribution in [3.63, 3.8) is 0 Å². The van der Waals surface area contributed by atoms with Gasteiger partial charge in [0.05, 0.1) is 20.4 Å². The van der Waals surface area contributed by atoms with Crippen LogP contribution in [0.25, 0.3) is 0 Å². The summed E-state index contributed by atoms with van der Waals surface area (Å²) in [7, 11) is 5.15. The topological polar surface area (TPSA) is 56.6 Å². The molecule has 128 valence electrons. The van der Waals surface area contributed by atoms with Gasteiger partial charge < -0.3 is 14.4 Å². The van der Waals surface area contributed by atoms with Crippen molar-refractivity contribution >= 4 is 5.91 Å². The lowest BCUT2D eigenvalue weighted by atomic mass is 9.98. The molecule has 0 N–H and O–H groups in total. The third-order valence-electron chi connectivity index (χ3n) is 4.46. The van der Waals surface area contributed by atoms with Crippen LogP contribution in [-0.2, 0) is 31.2 Å². The number of rotatable bonds is 5. The molecule has 1 amide bonds. The monoisotopic (exact) mass is 329 g/mol. The van der Waals surface area contributed by atoms with Crippen LogP contribution in [0.4, 0.5) is 0 Å². The fraction of sp³-hybridized carbons (Fsp3) is 0.444. The molecule has 0 bridgehead atoms. The summed E-state index contributed by atoms with van der Waals surface area (Å²) in [6.45, 7) is 1.37. The van der Waals surface area contributed by atoms with Gasteiger partial charge in [0.15, 0.2) is 11.5 Å². The quantitative estimate of drug-likeness (QED) is 0.841. The molecule has 24 heavy (non-hydrogen) atoms. The van der Waals surface area contributed by atoms with E-state index >= 15 is 0 Å². The number of amides is 1. The molecule has 1 aromatic heterocycles. The number of ether oxygens (including phenoxy) is 2. The van der Waals surface area contributed by atoms with Crippen LogP contribution in [0.3, 0.4) is 0 Å². The normalized spacial score (nSPS) is 13.5. The van der Waals surface area contributed by atoms with Gasteiger partial charge in [0.25, 0.3) is 0 Å². The largest absolute Gasteiger partial charge is 0.493 e. The molecule has 0 unspecified atom stereocenters. The molecule has 2 aromatic rings. The molecule has 0 atom stereocenters. The van der Waals surface area contributed by atoms with Crippen molar-refractivity contribution in [2.24, 2.45) is 7.05 Å². The summed E-state index contributed by atoms with van der Waals surface area (Å²) in [5.74, 6) is 1.63. The van der Waals surface area contributed by atoms with Crippen LogP contribution in [0.1, 0.15) is 23.1 Å². The Hall–Kier alpha value is -2.50. The van der Waals surface area contributed by atoms with Gasteiger partial charge in [0, 0.05) is 32.8 Å². The third-order valence-corrected chi connectivity index (χ3v) is 4.46. The standard InChI is InChI=1S/C18H23N3O3/c1-20-11-13(10-19-20)4-5-18(22)21-7-6-14-8-16(23-2)17(24-3)9-15(14)12-21/h8-11H,4-7,12H2,1-3H3. The maximum Gasteiger partial charge on any atom is 0.223 e. The molecule has 0 spiro atoms. The first-order chi connectivity index (χ1) is 11.6. The molecule has 1 aliphatic rings. The van der Waals surface area contributed by atoms with E-state index in [1.165, 1.54) is 5.56 Å². The van der Waals surface area contributed by atoms with E-state index in [0.29, 0.717) is 18.7 Å². The Kier molecular flexibility index (Phi) is 4.74. The van der Waals surface area contributed by atoms with Crippen LogP contribution < -0.4 is 9.47 Å². The van der Waals surface area contributed by atoms with Crippen molar-refractivity contribution in [1.29, 1.82) is 0 Å². The minimum atomic E-state index is 0.180. The van der Waals surface area contributed by atoms with Crippen molar-refractivity contribution in [1.82, 2.24) is 14.7 Å². The second-order valence-electron chi connectivity index (χ2n) is 6.06. The number of nitrogens with zero attached hydrogens (tertiary/aromatic N) is 3. The molecule has 6 heteroatoms. The summed E-state index contributed by atoms with van der Waals surface area (Å²) in [5.41, 5.74) is 3.45. The van der Waals surface area contributed by atoms with Crippen LogP contribution >= 0.6 is 0 Å². The summed E-state index contributed by atoms with van der Waals surface area (Å²) >= 11 is 0. The van der Waals surface area contributed by atoms with E-state index in [4.69, 9.17) is 9.47 Å². The van der Waals surface area contributed by atoms with E-state index in [1.807, 2.05) is 36.5 Å². The minimum absolute atomic E-state index is 0.180. The molecule has 0 radical (unpaired) electrons. The van der Waals surface area contributed by atoms with Crippen molar-refractivity contribution in [3.8, 4) is 11.5 Å². The van der Waals surface area contributed by atoms with Crippen molar-refractivity contribution < 1.29 is 14.3 Å². The highest BCUT2D eigenvalue weighted by Gasteiger charge is 2.22. The molecule has 1 aliphatic heterocycles. The van der Waals surface area contributed by atoms with Crippen LogP contribution in [0.2, 0.25) is 0 Å². The van der Waals surface area contributed by atoms with Crippen LogP contribution in [-0.4, -0.2) is 41.4 Å². The zero-order chi connectivity index (χ0) is 17.1. The van der Waals surface area contributed by atoms with Crippen molar-refractivity contribution in [2.45, 2.75) is 25.8 Å². The summed E-state index contributed by atoms with van der Waals surface area (Å²) in [5, 5.41) is 4.14. The number of benzene rings is 1. The van der Waals surface area contributed by atoms with Gasteiger partial charge in [-0.3, -0.25) is 9.48 Å². The van der Waals surface area contributed by atoms with Crippen molar-refractivity contribution in [3.05, 3.63) is 41.2 Å². The van der Waals surface area contributed by atoms with Gasteiger partial charge in [-0.05, 0) is 41.7 Å². The van der Waals surface area contributed by atoms with Crippen LogP contribution in [0, 0.1) is 0 Å². The van der Waals surface area contributed by atoms with Gasteiger partial charge in [0.2, 0.25) is 5.91 Å². The Bertz CT molecular complexity index is 739. The predicted molar refractivity (Wildman–Crippen MR) is 90.2 cm³/mol. The molecule has 1 aromatic carbocycles. The van der Waals surface area contributed by atoms with Gasteiger partial charge in [-0.25, -0.2) is 0 Å². The smallest absolute Gasteiger partial charge is 0.223 e. The molecule has 0 saturated heterocycles. The molecule has 3 rings (SSSR count). The van der Waals surface area contributed by atoms with E-state index in [9.17, 15) is 4.79 Å². The number of carbonyl (C=O) groups excluding carboxylic acids is 1. The zero-order valence-corrected chi connectivity index (χ0v) is 14.4. The summed E-state index contributed by atoms with van der Waals surface area (Å²) < 4.78 is 12.5. The lowest BCUT2D eigenvalue weighted by molar-refractivity contribution is -0.132. The third kappa shape index (κ3) is 3.37. The lowest BCUT2D eigenvalue weighted by Gasteiger charge is -2.29. The highest BCUT2D eigenvalue weighted by molar-refractivity contribution is 5.77. The number of hydrogen-bond acceptors (Lipinski definition) is 4. The maximum absolute atomic E-state index is 12.5. The molecule has 6 nitrogen and oxygen atoms in total. The predicted octanol–water partition coefficient (Wildman–Crippen LogP) is 1.95. The first-order valence-corrected chi connectivity index (χ1v) is 8.09. The number of carbonyl (C=O) groups is 1. The second kappa shape index (κ2) is 6.95. The van der Waals surface area contributed by atoms with Crippen LogP contribution in [0.5, 0.6) is 11.5 Å². The molecule has 0 fully saturated rings. The SMILES string of the molecule is COc1cc2c(cc1OC)CN(C(=O)CCc1cnn(C)c1)CC2. The Morgan fingerprint density at radius 2 is 1.92 bits per heavy atom. The van der Waals surface area contributed by atoms with E-state index in [1.54, 1.807) is 18.9 Å². The molecule has 0 aliphatic carbocycles. The number of methoxy groups -OCH3 is 2. The Morgan fingerprint density at radius 1 is 1.21 bits per heavy atom. The number of aromatic nitrogens is 2. The zero-order valence-electron chi connectivity index (χ0n) is 14.4. The summed E-state index contributed by atoms with van der Waals surface area (Å²) in [6, 6.07) is 4.00. The lowest BCUT2D eigenvalue weighted by Crippen LogP contribution is -2.36. The van der Waals surface area contributed by atoms with E-state index in [2.05, 4.69) is 5.10 Å². The number of hydrogen-bond donors (Lipinski definition) is 0. The van der Waals surface area contributed by atoms with E-state index in [0.717, 1.165) is 36.3 Å². The maximum atomic E-state index is 12.5. The Morgan fingerprint density at radius 3 is 2.54 bits per heavy atom. The van der Waals surface area contributed by atoms with Gasteiger partial charge in [0.1, 0.15) is 0 Å². The highest BCUT2D eigenvalue weighted by atomic mass is 16.5. The van der Waals surface area contributed by atoms with Crippen LogP contribution in [0.15, 0.2) is 24.5 Å². The molecule has 0 saturated carbocycles. The first-order valence-electron chi connectivity index (χ1n) is 8.09. The van der Waals surface area contributed by atoms with E-state index < -0.39 is 0 Å². The Balaban J connectivity index is 1.66. The van der Waals surface area contributed by atoms with Gasteiger partial charge >= 0.3 is 0 Å². The average molecular weight is 329 g/mol. The van der Waals surface area contributed by atoms with Gasteiger partial charge in [-0.2, -0.15) is 5.10 Å².